The van der Waals surface area contributed by atoms with Crippen molar-refractivity contribution in [2.45, 2.75) is 13.3 Å². The highest BCUT2D eigenvalue weighted by molar-refractivity contribution is 5.84. The summed E-state index contributed by atoms with van der Waals surface area (Å²) in [4.78, 5) is 19.9. The molecule has 0 saturated carbocycles. The van der Waals surface area contributed by atoms with Gasteiger partial charge in [-0.05, 0) is 13.0 Å². The predicted octanol–water partition coefficient (Wildman–Crippen LogP) is 1.02. The van der Waals surface area contributed by atoms with Crippen molar-refractivity contribution in [3.8, 4) is 0 Å². The fourth-order valence-electron chi connectivity index (χ4n) is 0.854. The fourth-order valence-corrected chi connectivity index (χ4v) is 0.854. The second-order valence-electron chi connectivity index (χ2n) is 4.23. The molecule has 1 N–H and O–H groups in total. The molecule has 88 valence electrons. The molecular weight excluding hydrogens is 198 g/mol. The maximum atomic E-state index is 10.9. The lowest BCUT2D eigenvalue weighted by atomic mass is 10.4. The SMILES string of the molecule is CC=C(O)C(=O)OOCCC[N+](C)(C)C. The molecule has 5 heteroatoms. The molecule has 0 heterocycles. The molecule has 0 atom stereocenters. The molecule has 0 radical (unpaired) electrons. The van der Waals surface area contributed by atoms with Crippen molar-refractivity contribution in [1.29, 1.82) is 0 Å². The zero-order valence-electron chi connectivity index (χ0n) is 9.82. The number of allylic oxidation sites excluding steroid dienone is 1. The van der Waals surface area contributed by atoms with Crippen LogP contribution < -0.4 is 0 Å². The van der Waals surface area contributed by atoms with Crippen LogP contribution in [0.4, 0.5) is 0 Å². The monoisotopic (exact) mass is 218 g/mol. The number of carbonyl (C=O) groups is 1. The first kappa shape index (κ1) is 13.9. The Bertz CT molecular complexity index is 230. The molecule has 0 aromatic rings. The van der Waals surface area contributed by atoms with Gasteiger partial charge in [-0.2, -0.15) is 4.89 Å². The maximum absolute atomic E-state index is 10.9. The summed E-state index contributed by atoms with van der Waals surface area (Å²) in [6.45, 7) is 2.79. The summed E-state index contributed by atoms with van der Waals surface area (Å²) in [6, 6.07) is 0. The largest absolute Gasteiger partial charge is 0.502 e. The minimum Gasteiger partial charge on any atom is -0.502 e. The molecule has 0 rings (SSSR count). The molecule has 5 nitrogen and oxygen atoms in total. The Balaban J connectivity index is 3.52. The van der Waals surface area contributed by atoms with Gasteiger partial charge >= 0.3 is 5.97 Å². The van der Waals surface area contributed by atoms with Crippen molar-refractivity contribution in [1.82, 2.24) is 0 Å². The van der Waals surface area contributed by atoms with Gasteiger partial charge in [-0.3, -0.25) is 4.89 Å². The molecule has 0 fully saturated rings. The van der Waals surface area contributed by atoms with Gasteiger partial charge in [0, 0.05) is 6.42 Å². The van der Waals surface area contributed by atoms with Gasteiger partial charge in [0.15, 0.2) is 0 Å². The topological polar surface area (TPSA) is 55.8 Å². The molecule has 0 saturated heterocycles. The lowest BCUT2D eigenvalue weighted by molar-refractivity contribution is -0.870. The standard InChI is InChI=1S/C10H19NO4/c1-5-9(12)10(13)15-14-8-6-7-11(2,3)4/h5H,6-8H2,1-4H3/p+1. The first-order valence-corrected chi connectivity index (χ1v) is 4.86. The van der Waals surface area contributed by atoms with Crippen molar-refractivity contribution in [2.75, 3.05) is 34.3 Å². The quantitative estimate of drug-likeness (QED) is 0.181. The second kappa shape index (κ2) is 6.42. The summed E-state index contributed by atoms with van der Waals surface area (Å²) in [5.41, 5.74) is 0. The summed E-state index contributed by atoms with van der Waals surface area (Å²) in [6.07, 6.45) is 2.03. The van der Waals surface area contributed by atoms with Crippen LogP contribution in [0.5, 0.6) is 0 Å². The summed E-state index contributed by atoms with van der Waals surface area (Å²) in [5, 5.41) is 8.92. The molecule has 0 spiro atoms. The molecule has 0 aromatic carbocycles. The predicted molar refractivity (Wildman–Crippen MR) is 55.9 cm³/mol. The zero-order valence-corrected chi connectivity index (χ0v) is 9.82. The van der Waals surface area contributed by atoms with Gasteiger partial charge in [-0.25, -0.2) is 4.79 Å². The third-order valence-electron chi connectivity index (χ3n) is 1.67. The van der Waals surface area contributed by atoms with Gasteiger partial charge in [0.1, 0.15) is 0 Å². The van der Waals surface area contributed by atoms with Gasteiger partial charge in [0.25, 0.3) is 0 Å². The number of aliphatic hydroxyl groups excluding tert-OH is 1. The molecule has 0 aliphatic carbocycles. The summed E-state index contributed by atoms with van der Waals surface area (Å²) < 4.78 is 0.831. The molecule has 0 bridgehead atoms. The number of hydrogen-bond acceptors (Lipinski definition) is 4. The van der Waals surface area contributed by atoms with Gasteiger partial charge in [0.05, 0.1) is 34.3 Å². The van der Waals surface area contributed by atoms with E-state index in [0.717, 1.165) is 17.4 Å². The van der Waals surface area contributed by atoms with E-state index < -0.39 is 11.7 Å². The molecule has 0 aromatic heterocycles. The van der Waals surface area contributed by atoms with E-state index in [4.69, 9.17) is 5.11 Å². The third kappa shape index (κ3) is 7.96. The molecule has 0 aliphatic rings. The van der Waals surface area contributed by atoms with Crippen LogP contribution in [0.1, 0.15) is 13.3 Å². The van der Waals surface area contributed by atoms with E-state index in [-0.39, 0.29) is 0 Å². The van der Waals surface area contributed by atoms with Crippen LogP contribution in [0.3, 0.4) is 0 Å². The number of rotatable bonds is 6. The Hall–Kier alpha value is -1.07. The van der Waals surface area contributed by atoms with Crippen LogP contribution in [-0.4, -0.2) is 49.9 Å². The van der Waals surface area contributed by atoms with Crippen LogP contribution in [0.2, 0.25) is 0 Å². The molecule has 0 amide bonds. The Labute approximate surface area is 90.4 Å². The van der Waals surface area contributed by atoms with Crippen LogP contribution >= 0.6 is 0 Å². The number of nitrogens with zero attached hydrogens (tertiary/aromatic N) is 1. The van der Waals surface area contributed by atoms with E-state index in [1.165, 1.54) is 13.0 Å². The minimum absolute atomic E-state index is 0.332. The van der Waals surface area contributed by atoms with E-state index in [2.05, 4.69) is 30.9 Å². The van der Waals surface area contributed by atoms with Gasteiger partial charge in [0.2, 0.25) is 5.76 Å². The third-order valence-corrected chi connectivity index (χ3v) is 1.67. The number of hydrogen-bond donors (Lipinski definition) is 1. The van der Waals surface area contributed by atoms with Crippen LogP contribution in [0.25, 0.3) is 0 Å². The van der Waals surface area contributed by atoms with Gasteiger partial charge in [-0.1, -0.05) is 0 Å². The van der Waals surface area contributed by atoms with Crippen molar-refractivity contribution in [3.05, 3.63) is 11.8 Å². The Morgan fingerprint density at radius 3 is 2.47 bits per heavy atom. The number of carbonyl (C=O) groups excluding carboxylic acids is 1. The summed E-state index contributed by atoms with van der Waals surface area (Å²) in [5.74, 6) is -1.30. The van der Waals surface area contributed by atoms with Crippen molar-refractivity contribution >= 4 is 5.97 Å². The highest BCUT2D eigenvalue weighted by Crippen LogP contribution is 1.97. The molecule has 15 heavy (non-hydrogen) atoms. The summed E-state index contributed by atoms with van der Waals surface area (Å²) >= 11 is 0. The summed E-state index contributed by atoms with van der Waals surface area (Å²) in [7, 11) is 6.20. The second-order valence-corrected chi connectivity index (χ2v) is 4.23. The van der Waals surface area contributed by atoms with Crippen LogP contribution in [-0.2, 0) is 14.6 Å². The first-order valence-electron chi connectivity index (χ1n) is 4.86. The van der Waals surface area contributed by atoms with Crippen molar-refractivity contribution in [2.24, 2.45) is 0 Å². The average Bonchev–Trinajstić information content (AvgIpc) is 2.14. The fraction of sp³-hybridized carbons (Fsp3) is 0.700. The van der Waals surface area contributed by atoms with E-state index >= 15 is 0 Å². The van der Waals surface area contributed by atoms with Crippen LogP contribution in [0.15, 0.2) is 11.8 Å². The Morgan fingerprint density at radius 2 is 2.00 bits per heavy atom. The molecule has 0 unspecified atom stereocenters. The molecule has 0 aliphatic heterocycles. The lowest BCUT2D eigenvalue weighted by Crippen LogP contribution is -2.35. The minimum atomic E-state index is -0.859. The molecular formula is C10H20NO4+. The van der Waals surface area contributed by atoms with E-state index in [1.54, 1.807) is 0 Å². The maximum Gasteiger partial charge on any atom is 0.406 e. The smallest absolute Gasteiger partial charge is 0.406 e. The zero-order chi connectivity index (χ0) is 11.9. The number of aliphatic hydroxyl groups is 1. The van der Waals surface area contributed by atoms with Crippen LogP contribution in [0, 0.1) is 0 Å². The normalized spacial score (nSPS) is 12.7. The van der Waals surface area contributed by atoms with E-state index in [9.17, 15) is 4.79 Å². The highest BCUT2D eigenvalue weighted by Gasteiger charge is 2.10. The van der Waals surface area contributed by atoms with Crippen molar-refractivity contribution in [3.63, 3.8) is 0 Å². The average molecular weight is 218 g/mol. The number of quaternary nitrogens is 1. The van der Waals surface area contributed by atoms with Crippen molar-refractivity contribution < 1.29 is 24.2 Å². The first-order chi connectivity index (χ1) is 6.87. The Kier molecular flexibility index (Phi) is 5.96. The highest BCUT2D eigenvalue weighted by atomic mass is 17.2. The van der Waals surface area contributed by atoms with Gasteiger partial charge in [-0.15, -0.1) is 0 Å². The van der Waals surface area contributed by atoms with Gasteiger partial charge < -0.3 is 9.59 Å². The lowest BCUT2D eigenvalue weighted by Gasteiger charge is -2.23. The Morgan fingerprint density at radius 1 is 1.40 bits per heavy atom. The van der Waals surface area contributed by atoms with E-state index in [1.807, 2.05) is 0 Å². The van der Waals surface area contributed by atoms with E-state index in [0.29, 0.717) is 6.61 Å².